The van der Waals surface area contributed by atoms with E-state index in [4.69, 9.17) is 11.6 Å². The first-order chi connectivity index (χ1) is 9.70. The predicted molar refractivity (Wildman–Crippen MR) is 89.0 cm³/mol. The van der Waals surface area contributed by atoms with E-state index in [0.717, 1.165) is 37.1 Å². The smallest absolute Gasteiger partial charge is 0.150 e. The summed E-state index contributed by atoms with van der Waals surface area (Å²) >= 11 is 11.0. The van der Waals surface area contributed by atoms with Crippen molar-refractivity contribution in [2.24, 2.45) is 0 Å². The van der Waals surface area contributed by atoms with Crippen molar-refractivity contribution >= 4 is 46.0 Å². The first-order valence-electron chi connectivity index (χ1n) is 5.96. The molecule has 0 amide bonds. The Kier molecular flexibility index (Phi) is 4.41. The number of nitrogens with zero attached hydrogens (tertiary/aromatic N) is 2. The Morgan fingerprint density at radius 3 is 2.60 bits per heavy atom. The second kappa shape index (κ2) is 6.26. The molecular weight excluding hydrogens is 328 g/mol. The summed E-state index contributed by atoms with van der Waals surface area (Å²) in [4.78, 5) is 9.11. The Hall–Kier alpha value is -0.880. The van der Waals surface area contributed by atoms with Gasteiger partial charge in [0.2, 0.25) is 0 Å². The Labute approximate surface area is 134 Å². The standard InChI is InChI=1S/C14H11ClN2S3/c1-9-6-19-14(16-9)20-8-12-7-18-13(17-12)10-2-4-11(15)5-3-10/h2-7H,8H2,1H3. The van der Waals surface area contributed by atoms with Gasteiger partial charge in [0, 0.05) is 32.8 Å². The van der Waals surface area contributed by atoms with Gasteiger partial charge in [-0.1, -0.05) is 35.5 Å². The highest BCUT2D eigenvalue weighted by atomic mass is 35.5. The summed E-state index contributed by atoms with van der Waals surface area (Å²) in [5.41, 5.74) is 3.29. The maximum absolute atomic E-state index is 5.90. The van der Waals surface area contributed by atoms with Crippen LogP contribution in [-0.4, -0.2) is 9.97 Å². The van der Waals surface area contributed by atoms with E-state index < -0.39 is 0 Å². The Morgan fingerprint density at radius 2 is 1.90 bits per heavy atom. The molecule has 2 nitrogen and oxygen atoms in total. The minimum absolute atomic E-state index is 0.750. The third-order valence-corrected chi connectivity index (χ3v) is 5.95. The first-order valence-corrected chi connectivity index (χ1v) is 9.08. The molecule has 3 rings (SSSR count). The molecular formula is C14H11ClN2S3. The molecule has 3 aromatic rings. The van der Waals surface area contributed by atoms with Crippen LogP contribution in [0, 0.1) is 6.92 Å². The van der Waals surface area contributed by atoms with Crippen LogP contribution >= 0.6 is 46.0 Å². The van der Waals surface area contributed by atoms with E-state index in [1.165, 1.54) is 0 Å². The van der Waals surface area contributed by atoms with E-state index in [-0.39, 0.29) is 0 Å². The lowest BCUT2D eigenvalue weighted by atomic mass is 10.2. The molecule has 2 heterocycles. The third kappa shape index (κ3) is 3.41. The molecule has 20 heavy (non-hydrogen) atoms. The summed E-state index contributed by atoms with van der Waals surface area (Å²) in [7, 11) is 0. The van der Waals surface area contributed by atoms with Gasteiger partial charge in [0.15, 0.2) is 0 Å². The van der Waals surface area contributed by atoms with E-state index in [9.17, 15) is 0 Å². The van der Waals surface area contributed by atoms with E-state index in [1.807, 2.05) is 31.2 Å². The molecule has 0 unspecified atom stereocenters. The highest BCUT2D eigenvalue weighted by Crippen LogP contribution is 2.29. The summed E-state index contributed by atoms with van der Waals surface area (Å²) in [6, 6.07) is 7.79. The maximum atomic E-state index is 5.90. The van der Waals surface area contributed by atoms with Gasteiger partial charge >= 0.3 is 0 Å². The molecule has 102 valence electrons. The molecule has 0 spiro atoms. The largest absolute Gasteiger partial charge is 0.240 e. The van der Waals surface area contributed by atoms with E-state index in [1.54, 1.807) is 34.4 Å². The van der Waals surface area contributed by atoms with Crippen molar-refractivity contribution in [3.63, 3.8) is 0 Å². The number of hydrogen-bond donors (Lipinski definition) is 0. The molecule has 0 fully saturated rings. The van der Waals surface area contributed by atoms with Crippen LogP contribution in [0.5, 0.6) is 0 Å². The van der Waals surface area contributed by atoms with Gasteiger partial charge in [-0.3, -0.25) is 0 Å². The van der Waals surface area contributed by atoms with Gasteiger partial charge in [-0.05, 0) is 19.1 Å². The van der Waals surface area contributed by atoms with Gasteiger partial charge in [0.25, 0.3) is 0 Å². The molecule has 0 saturated carbocycles. The summed E-state index contributed by atoms with van der Waals surface area (Å²) in [6.45, 7) is 2.02. The lowest BCUT2D eigenvalue weighted by molar-refractivity contribution is 1.15. The van der Waals surface area contributed by atoms with Crippen LogP contribution in [0.1, 0.15) is 11.4 Å². The normalized spacial score (nSPS) is 10.9. The summed E-state index contributed by atoms with van der Waals surface area (Å²) < 4.78 is 1.10. The van der Waals surface area contributed by atoms with Crippen LogP contribution in [0.25, 0.3) is 10.6 Å². The van der Waals surface area contributed by atoms with Gasteiger partial charge in [0.05, 0.1) is 5.69 Å². The maximum Gasteiger partial charge on any atom is 0.150 e. The molecule has 0 bridgehead atoms. The number of hydrogen-bond acceptors (Lipinski definition) is 5. The molecule has 2 aromatic heterocycles. The van der Waals surface area contributed by atoms with Crippen LogP contribution in [0.4, 0.5) is 0 Å². The second-order valence-electron chi connectivity index (χ2n) is 4.19. The molecule has 0 aliphatic heterocycles. The lowest BCUT2D eigenvalue weighted by Crippen LogP contribution is -1.82. The SMILES string of the molecule is Cc1csc(SCc2csc(-c3ccc(Cl)cc3)n2)n1. The Balaban J connectivity index is 1.69. The fourth-order valence-corrected chi connectivity index (χ4v) is 4.43. The van der Waals surface area contributed by atoms with E-state index >= 15 is 0 Å². The fraction of sp³-hybridized carbons (Fsp3) is 0.143. The molecule has 0 aliphatic carbocycles. The molecule has 0 radical (unpaired) electrons. The van der Waals surface area contributed by atoms with E-state index in [0.29, 0.717) is 0 Å². The minimum atomic E-state index is 0.750. The zero-order valence-corrected chi connectivity index (χ0v) is 13.9. The van der Waals surface area contributed by atoms with Crippen LogP contribution in [-0.2, 0) is 5.75 Å². The number of thiazole rings is 2. The van der Waals surface area contributed by atoms with Gasteiger partial charge in [-0.2, -0.15) is 0 Å². The second-order valence-corrected chi connectivity index (χ2v) is 7.57. The monoisotopic (exact) mass is 338 g/mol. The molecule has 0 N–H and O–H groups in total. The molecule has 0 aliphatic rings. The third-order valence-electron chi connectivity index (χ3n) is 2.58. The molecule has 1 aromatic carbocycles. The molecule has 6 heteroatoms. The van der Waals surface area contributed by atoms with Gasteiger partial charge in [-0.15, -0.1) is 22.7 Å². The van der Waals surface area contributed by atoms with Crippen molar-refractivity contribution in [3.8, 4) is 10.6 Å². The molecule has 0 atom stereocenters. The van der Waals surface area contributed by atoms with Crippen molar-refractivity contribution in [2.45, 2.75) is 17.0 Å². The highest BCUT2D eigenvalue weighted by Gasteiger charge is 2.06. The predicted octanol–water partition coefficient (Wildman–Crippen LogP) is 5.52. The topological polar surface area (TPSA) is 25.8 Å². The van der Waals surface area contributed by atoms with Gasteiger partial charge in [0.1, 0.15) is 9.35 Å². The van der Waals surface area contributed by atoms with Gasteiger partial charge in [-0.25, -0.2) is 9.97 Å². The lowest BCUT2D eigenvalue weighted by Gasteiger charge is -1.96. The minimum Gasteiger partial charge on any atom is -0.240 e. The summed E-state index contributed by atoms with van der Waals surface area (Å²) in [5, 5.41) is 5.97. The number of benzene rings is 1. The van der Waals surface area contributed by atoms with Crippen LogP contribution in [0.15, 0.2) is 39.4 Å². The summed E-state index contributed by atoms with van der Waals surface area (Å²) in [5.74, 6) is 0.858. The van der Waals surface area contributed by atoms with Crippen molar-refractivity contribution in [1.29, 1.82) is 0 Å². The number of rotatable bonds is 4. The zero-order chi connectivity index (χ0) is 13.9. The van der Waals surface area contributed by atoms with Crippen LogP contribution < -0.4 is 0 Å². The quantitative estimate of drug-likeness (QED) is 0.586. The number of aryl methyl sites for hydroxylation is 1. The van der Waals surface area contributed by atoms with Gasteiger partial charge < -0.3 is 0 Å². The highest BCUT2D eigenvalue weighted by molar-refractivity contribution is 8.00. The average Bonchev–Trinajstić information content (AvgIpc) is 3.06. The Morgan fingerprint density at radius 1 is 1.10 bits per heavy atom. The number of thioether (sulfide) groups is 1. The first kappa shape index (κ1) is 14.1. The zero-order valence-electron chi connectivity index (χ0n) is 10.7. The number of halogens is 1. The average molecular weight is 339 g/mol. The van der Waals surface area contributed by atoms with Crippen molar-refractivity contribution in [1.82, 2.24) is 9.97 Å². The van der Waals surface area contributed by atoms with Crippen LogP contribution in [0.3, 0.4) is 0 Å². The van der Waals surface area contributed by atoms with E-state index in [2.05, 4.69) is 20.7 Å². The van der Waals surface area contributed by atoms with Crippen LogP contribution in [0.2, 0.25) is 5.02 Å². The summed E-state index contributed by atoms with van der Waals surface area (Å²) in [6.07, 6.45) is 0. The molecule has 0 saturated heterocycles. The fourth-order valence-electron chi connectivity index (χ4n) is 1.63. The van der Waals surface area contributed by atoms with Crippen molar-refractivity contribution in [2.75, 3.05) is 0 Å². The van der Waals surface area contributed by atoms with Crippen molar-refractivity contribution in [3.05, 3.63) is 51.4 Å². The number of aromatic nitrogens is 2. The van der Waals surface area contributed by atoms with Crippen molar-refractivity contribution < 1.29 is 0 Å². The Bertz CT molecular complexity index is 703.